The van der Waals surface area contributed by atoms with Crippen molar-refractivity contribution >= 4 is 23.2 Å². The van der Waals surface area contributed by atoms with Crippen molar-refractivity contribution in [3.63, 3.8) is 0 Å². The maximum atomic E-state index is 14.7. The van der Waals surface area contributed by atoms with E-state index in [-0.39, 0.29) is 16.3 Å². The Morgan fingerprint density at radius 2 is 1.73 bits per heavy atom. The molecule has 0 spiro atoms. The molecule has 37 heavy (non-hydrogen) atoms. The van der Waals surface area contributed by atoms with Gasteiger partial charge in [0.2, 0.25) is 5.60 Å². The third kappa shape index (κ3) is 6.48. The molecule has 0 heterocycles. The van der Waals surface area contributed by atoms with Gasteiger partial charge < -0.3 is 10.4 Å². The fourth-order valence-corrected chi connectivity index (χ4v) is 4.36. The highest BCUT2D eigenvalue weighted by atomic mass is 35.5. The van der Waals surface area contributed by atoms with Gasteiger partial charge in [-0.25, -0.2) is 4.39 Å². The molecular formula is C28H21ClF4N2O2. The largest absolute Gasteiger partial charge is 0.417 e. The van der Waals surface area contributed by atoms with Gasteiger partial charge in [0.05, 0.1) is 17.2 Å². The van der Waals surface area contributed by atoms with Crippen molar-refractivity contribution in [2.75, 3.05) is 5.32 Å². The first-order valence-corrected chi connectivity index (χ1v) is 11.3. The molecule has 0 saturated heterocycles. The maximum Gasteiger partial charge on any atom is 0.417 e. The fourth-order valence-electron chi connectivity index (χ4n) is 3.94. The number of hydrogen-bond acceptors (Lipinski definition) is 3. The van der Waals surface area contributed by atoms with Gasteiger partial charge in [0.1, 0.15) is 5.82 Å². The predicted octanol–water partition coefficient (Wildman–Crippen LogP) is 6.46. The third-order valence-corrected chi connectivity index (χ3v) is 5.92. The molecule has 1 amide bonds. The van der Waals surface area contributed by atoms with Crippen molar-refractivity contribution in [1.29, 1.82) is 5.26 Å². The second kappa shape index (κ2) is 10.6. The molecule has 0 radical (unpaired) electrons. The average Bonchev–Trinajstić information content (AvgIpc) is 2.82. The number of hydrogen-bond donors (Lipinski definition) is 2. The lowest BCUT2D eigenvalue weighted by atomic mass is 9.74. The topological polar surface area (TPSA) is 73.1 Å². The number of alkyl halides is 3. The number of carbonyl (C=O) groups excluding carboxylic acids is 1. The number of nitriles is 1. The van der Waals surface area contributed by atoms with Gasteiger partial charge in [-0.3, -0.25) is 4.79 Å². The Morgan fingerprint density at radius 3 is 2.32 bits per heavy atom. The number of aliphatic hydroxyl groups is 1. The quantitative estimate of drug-likeness (QED) is 0.295. The van der Waals surface area contributed by atoms with Gasteiger partial charge in [-0.15, -0.1) is 0 Å². The Balaban J connectivity index is 2.05. The fraction of sp³-hybridized carbons (Fsp3) is 0.214. The Hall–Kier alpha value is -3.85. The molecular weight excluding hydrogens is 508 g/mol. The van der Waals surface area contributed by atoms with Gasteiger partial charge in [0, 0.05) is 28.3 Å². The molecule has 190 valence electrons. The summed E-state index contributed by atoms with van der Waals surface area (Å²) in [5.41, 5.74) is -5.38. The number of rotatable bonds is 5. The van der Waals surface area contributed by atoms with E-state index in [1.54, 1.807) is 44.2 Å². The number of amides is 1. The van der Waals surface area contributed by atoms with Crippen LogP contribution in [-0.4, -0.2) is 16.6 Å². The van der Waals surface area contributed by atoms with E-state index in [2.05, 4.69) is 17.2 Å². The minimum Gasteiger partial charge on any atom is -0.369 e. The monoisotopic (exact) mass is 528 g/mol. The molecule has 0 aliphatic rings. The van der Waals surface area contributed by atoms with Crippen molar-refractivity contribution in [2.24, 2.45) is 0 Å². The van der Waals surface area contributed by atoms with Crippen molar-refractivity contribution in [3.05, 3.63) is 99.8 Å². The molecule has 0 fully saturated rings. The Labute approximate surface area is 216 Å². The first-order valence-electron chi connectivity index (χ1n) is 10.9. The van der Waals surface area contributed by atoms with Crippen LogP contribution in [0.2, 0.25) is 5.02 Å². The van der Waals surface area contributed by atoms with Gasteiger partial charge in [-0.05, 0) is 47.9 Å². The van der Waals surface area contributed by atoms with E-state index in [9.17, 15) is 27.5 Å². The molecule has 3 aromatic rings. The summed E-state index contributed by atoms with van der Waals surface area (Å²) in [6.45, 7) is 3.12. The van der Waals surface area contributed by atoms with E-state index in [1.165, 1.54) is 24.3 Å². The van der Waals surface area contributed by atoms with Crippen LogP contribution in [-0.2, 0) is 16.4 Å². The molecule has 0 aliphatic heterocycles. The molecule has 4 nitrogen and oxygen atoms in total. The van der Waals surface area contributed by atoms with Gasteiger partial charge in [0.15, 0.2) is 0 Å². The summed E-state index contributed by atoms with van der Waals surface area (Å²) in [5, 5.41) is 22.8. The molecule has 0 bridgehead atoms. The average molecular weight is 529 g/mol. The number of carbonyl (C=O) groups is 1. The van der Waals surface area contributed by atoms with Crippen LogP contribution in [0, 0.1) is 29.0 Å². The highest BCUT2D eigenvalue weighted by molar-refractivity contribution is 6.31. The zero-order valence-electron chi connectivity index (χ0n) is 19.8. The van der Waals surface area contributed by atoms with Crippen molar-refractivity contribution in [2.45, 2.75) is 37.5 Å². The van der Waals surface area contributed by atoms with E-state index in [1.807, 2.05) is 0 Å². The lowest BCUT2D eigenvalue weighted by Gasteiger charge is -2.33. The van der Waals surface area contributed by atoms with Crippen LogP contribution < -0.4 is 5.32 Å². The summed E-state index contributed by atoms with van der Waals surface area (Å²) in [6, 6.07) is 16.6. The van der Waals surface area contributed by atoms with Gasteiger partial charge >= 0.3 is 6.18 Å². The van der Waals surface area contributed by atoms with Crippen LogP contribution in [0.3, 0.4) is 0 Å². The molecule has 1 atom stereocenters. The zero-order chi connectivity index (χ0) is 27.4. The normalized spacial score (nSPS) is 13.1. The number of nitrogens with one attached hydrogen (secondary N) is 1. The molecule has 2 N–H and O–H groups in total. The van der Waals surface area contributed by atoms with E-state index < -0.39 is 46.5 Å². The minimum absolute atomic E-state index is 0.0436. The first-order chi connectivity index (χ1) is 17.3. The van der Waals surface area contributed by atoms with E-state index in [0.29, 0.717) is 11.6 Å². The van der Waals surface area contributed by atoms with E-state index in [0.717, 1.165) is 12.1 Å². The van der Waals surface area contributed by atoms with Crippen LogP contribution in [0.5, 0.6) is 0 Å². The number of halogens is 5. The summed E-state index contributed by atoms with van der Waals surface area (Å²) >= 11 is 6.22. The zero-order valence-corrected chi connectivity index (χ0v) is 20.5. The highest BCUT2D eigenvalue weighted by Crippen LogP contribution is 2.39. The van der Waals surface area contributed by atoms with Gasteiger partial charge in [0.25, 0.3) is 5.91 Å². The highest BCUT2D eigenvalue weighted by Gasteiger charge is 2.43. The molecule has 0 aliphatic carbocycles. The number of anilines is 1. The standard InChI is InChI=1S/C28H21ClF4N2O2/c1-26(2,24-22(29)9-6-10-23(24)30)17-27(37,14-13-18-7-4-3-5-8-18)25(36)35-20-12-11-19(16-34)21(15-20)28(31,32)33/h3-12,15,37H,17H2,1-2H3,(H,35,36). The van der Waals surface area contributed by atoms with Crippen LogP contribution in [0.25, 0.3) is 0 Å². The Kier molecular flexibility index (Phi) is 7.97. The molecule has 1 unspecified atom stereocenters. The molecule has 9 heteroatoms. The van der Waals surface area contributed by atoms with Crippen LogP contribution >= 0.6 is 11.6 Å². The van der Waals surface area contributed by atoms with Gasteiger partial charge in [-0.1, -0.05) is 61.6 Å². The van der Waals surface area contributed by atoms with Crippen molar-refractivity contribution in [1.82, 2.24) is 0 Å². The summed E-state index contributed by atoms with van der Waals surface area (Å²) in [6.07, 6.45) is -5.30. The van der Waals surface area contributed by atoms with Gasteiger partial charge in [-0.2, -0.15) is 18.4 Å². The van der Waals surface area contributed by atoms with E-state index >= 15 is 0 Å². The number of benzene rings is 3. The summed E-state index contributed by atoms with van der Waals surface area (Å²) in [5.74, 6) is 3.43. The summed E-state index contributed by atoms with van der Waals surface area (Å²) in [7, 11) is 0. The predicted molar refractivity (Wildman–Crippen MR) is 132 cm³/mol. The van der Waals surface area contributed by atoms with Crippen molar-refractivity contribution in [3.8, 4) is 17.9 Å². The summed E-state index contributed by atoms with van der Waals surface area (Å²) in [4.78, 5) is 13.3. The third-order valence-electron chi connectivity index (χ3n) is 5.60. The first kappa shape index (κ1) is 27.7. The van der Waals surface area contributed by atoms with Crippen LogP contribution in [0.1, 0.15) is 42.5 Å². The van der Waals surface area contributed by atoms with E-state index in [4.69, 9.17) is 16.9 Å². The molecule has 0 saturated carbocycles. The Bertz CT molecular complexity index is 1400. The Morgan fingerprint density at radius 1 is 1.05 bits per heavy atom. The lowest BCUT2D eigenvalue weighted by Crippen LogP contribution is -2.46. The summed E-state index contributed by atoms with van der Waals surface area (Å²) < 4.78 is 54.9. The van der Waals surface area contributed by atoms with Crippen LogP contribution in [0.15, 0.2) is 66.7 Å². The van der Waals surface area contributed by atoms with Crippen molar-refractivity contribution < 1.29 is 27.5 Å². The molecule has 0 aromatic heterocycles. The smallest absolute Gasteiger partial charge is 0.369 e. The van der Waals surface area contributed by atoms with Crippen LogP contribution in [0.4, 0.5) is 23.2 Å². The molecule has 3 rings (SSSR count). The number of nitrogens with zero attached hydrogens (tertiary/aromatic N) is 1. The maximum absolute atomic E-state index is 14.7. The second-order valence-corrected chi connectivity index (χ2v) is 9.36. The second-order valence-electron chi connectivity index (χ2n) is 8.96. The molecule has 3 aromatic carbocycles. The minimum atomic E-state index is -4.85. The lowest BCUT2D eigenvalue weighted by molar-refractivity contribution is -0.137. The SMILES string of the molecule is CC(C)(CC(O)(C#Cc1ccccc1)C(=O)Nc1ccc(C#N)c(C(F)(F)F)c1)c1c(F)cccc1Cl.